The van der Waals surface area contributed by atoms with Gasteiger partial charge in [-0.2, -0.15) is 13.2 Å². The van der Waals surface area contributed by atoms with Crippen LogP contribution in [0.3, 0.4) is 0 Å². The van der Waals surface area contributed by atoms with E-state index in [-0.39, 0.29) is 0 Å². The molecular weight excluding hydrogens is 257 g/mol. The average Bonchev–Trinajstić information content (AvgIpc) is 2.35. The molecule has 0 spiro atoms. The molecule has 0 aromatic rings. The van der Waals surface area contributed by atoms with E-state index in [4.69, 9.17) is 0 Å². The van der Waals surface area contributed by atoms with Gasteiger partial charge in [0.15, 0.2) is 0 Å². The molecule has 0 saturated carbocycles. The van der Waals surface area contributed by atoms with Crippen LogP contribution in [0.2, 0.25) is 0 Å². The Morgan fingerprint density at radius 1 is 1.26 bits per heavy atom. The number of rotatable bonds is 9. The van der Waals surface area contributed by atoms with Crippen molar-refractivity contribution in [1.82, 2.24) is 10.6 Å². The maximum Gasteiger partial charge on any atom is 0.405 e. The van der Waals surface area contributed by atoms with Gasteiger partial charge in [-0.1, -0.05) is 33.1 Å². The van der Waals surface area contributed by atoms with Crippen molar-refractivity contribution < 1.29 is 18.0 Å². The number of hydrogen-bond donors (Lipinski definition) is 2. The Hall–Kier alpha value is -0.780. The lowest BCUT2D eigenvalue weighted by Gasteiger charge is -2.19. The van der Waals surface area contributed by atoms with Gasteiger partial charge in [0.1, 0.15) is 6.54 Å². The predicted molar refractivity (Wildman–Crippen MR) is 69.8 cm³/mol. The Morgan fingerprint density at radius 2 is 1.89 bits per heavy atom. The third-order valence-electron chi connectivity index (χ3n) is 3.11. The number of halogens is 3. The molecule has 0 aromatic carbocycles. The van der Waals surface area contributed by atoms with Gasteiger partial charge < -0.3 is 10.6 Å². The molecule has 0 aliphatic carbocycles. The van der Waals surface area contributed by atoms with Crippen molar-refractivity contribution in [2.45, 2.75) is 58.7 Å². The number of carbonyl (C=O) groups excluding carboxylic acids is 1. The summed E-state index contributed by atoms with van der Waals surface area (Å²) < 4.78 is 35.9. The van der Waals surface area contributed by atoms with E-state index < -0.39 is 24.7 Å². The molecule has 6 heteroatoms. The van der Waals surface area contributed by atoms with Crippen molar-refractivity contribution in [1.29, 1.82) is 0 Å². The lowest BCUT2D eigenvalue weighted by molar-refractivity contribution is -0.139. The van der Waals surface area contributed by atoms with Gasteiger partial charge in [0, 0.05) is 0 Å². The quantitative estimate of drug-likeness (QED) is 0.683. The van der Waals surface area contributed by atoms with E-state index in [1.165, 1.54) is 0 Å². The number of amides is 1. The van der Waals surface area contributed by atoms with Gasteiger partial charge in [0.25, 0.3) is 0 Å². The highest BCUT2D eigenvalue weighted by atomic mass is 19.4. The highest BCUT2D eigenvalue weighted by Gasteiger charge is 2.28. The Morgan fingerprint density at radius 3 is 2.37 bits per heavy atom. The van der Waals surface area contributed by atoms with Crippen LogP contribution >= 0.6 is 0 Å². The maximum absolute atomic E-state index is 12.0. The van der Waals surface area contributed by atoms with Crippen molar-refractivity contribution in [3.05, 3.63) is 0 Å². The zero-order chi connectivity index (χ0) is 14.9. The summed E-state index contributed by atoms with van der Waals surface area (Å²) in [5, 5.41) is 4.88. The van der Waals surface area contributed by atoms with Gasteiger partial charge in [-0.15, -0.1) is 0 Å². The van der Waals surface area contributed by atoms with Gasteiger partial charge in [-0.3, -0.25) is 4.79 Å². The minimum absolute atomic E-state index is 0.470. The van der Waals surface area contributed by atoms with Crippen LogP contribution in [0.15, 0.2) is 0 Å². The van der Waals surface area contributed by atoms with E-state index in [2.05, 4.69) is 19.2 Å². The summed E-state index contributed by atoms with van der Waals surface area (Å²) in [4.78, 5) is 11.4. The number of alkyl halides is 3. The first-order chi connectivity index (χ1) is 8.80. The lowest BCUT2D eigenvalue weighted by Crippen LogP contribution is -2.46. The van der Waals surface area contributed by atoms with Crippen LogP contribution in [-0.2, 0) is 4.79 Å². The molecule has 3 nitrogen and oxygen atoms in total. The number of carbonyl (C=O) groups is 1. The second-order valence-electron chi connectivity index (χ2n) is 4.88. The fourth-order valence-electron chi connectivity index (χ4n) is 1.72. The molecular formula is C13H25F3N2O. The smallest absolute Gasteiger partial charge is 0.346 e. The largest absolute Gasteiger partial charge is 0.405 e. The maximum atomic E-state index is 12.0. The molecule has 0 radical (unpaired) electrons. The Labute approximate surface area is 113 Å². The molecule has 0 heterocycles. The number of unbranched alkanes of at least 4 members (excludes halogenated alkanes) is 1. The fourth-order valence-corrected chi connectivity index (χ4v) is 1.72. The topological polar surface area (TPSA) is 41.1 Å². The predicted octanol–water partition coefficient (Wildman–Crippen LogP) is 2.86. The molecule has 0 aliphatic rings. The summed E-state index contributed by atoms with van der Waals surface area (Å²) in [6.07, 6.45) is -0.0177. The molecule has 19 heavy (non-hydrogen) atoms. The normalized spacial score (nSPS) is 15.1. The Kier molecular flexibility index (Phi) is 8.80. The first kappa shape index (κ1) is 18.2. The van der Waals surface area contributed by atoms with Gasteiger partial charge in [0.05, 0.1) is 6.04 Å². The summed E-state index contributed by atoms with van der Waals surface area (Å²) in [5.74, 6) is -0.138. The summed E-state index contributed by atoms with van der Waals surface area (Å²) >= 11 is 0. The van der Waals surface area contributed by atoms with Crippen LogP contribution in [0.4, 0.5) is 13.2 Å². The summed E-state index contributed by atoms with van der Waals surface area (Å²) in [6, 6.07) is -0.599. The summed E-state index contributed by atoms with van der Waals surface area (Å²) in [7, 11) is 0. The number of hydrogen-bond acceptors (Lipinski definition) is 2. The summed E-state index contributed by atoms with van der Waals surface area (Å²) in [6.45, 7) is 5.17. The second-order valence-corrected chi connectivity index (χ2v) is 4.88. The molecule has 0 saturated heterocycles. The van der Waals surface area contributed by atoms with E-state index in [0.717, 1.165) is 25.7 Å². The molecule has 2 atom stereocenters. The summed E-state index contributed by atoms with van der Waals surface area (Å²) in [5.41, 5.74) is 0. The Bertz CT molecular complexity index is 257. The molecule has 2 unspecified atom stereocenters. The standard InChI is InChI=1S/C13H25F3N2O/c1-4-6-7-11(5-2)8-17-10(3)12(19)18-9-13(14,15)16/h10-11,17H,4-9H2,1-3H3,(H,18,19). The molecule has 0 fully saturated rings. The van der Waals surface area contributed by atoms with Crippen molar-refractivity contribution in [3.63, 3.8) is 0 Å². The zero-order valence-electron chi connectivity index (χ0n) is 11.9. The van der Waals surface area contributed by atoms with Crippen molar-refractivity contribution in [2.75, 3.05) is 13.1 Å². The van der Waals surface area contributed by atoms with Crippen LogP contribution in [0.25, 0.3) is 0 Å². The van der Waals surface area contributed by atoms with E-state index in [1.807, 2.05) is 5.32 Å². The molecule has 0 aliphatic heterocycles. The first-order valence-electron chi connectivity index (χ1n) is 6.88. The third-order valence-corrected chi connectivity index (χ3v) is 3.11. The second kappa shape index (κ2) is 9.18. The molecule has 0 aromatic heterocycles. The molecule has 2 N–H and O–H groups in total. The fraction of sp³-hybridized carbons (Fsp3) is 0.923. The minimum Gasteiger partial charge on any atom is -0.346 e. The molecule has 114 valence electrons. The van der Waals surface area contributed by atoms with E-state index in [9.17, 15) is 18.0 Å². The molecule has 0 bridgehead atoms. The Balaban J connectivity index is 3.94. The lowest BCUT2D eigenvalue weighted by atomic mass is 9.99. The first-order valence-corrected chi connectivity index (χ1v) is 6.88. The minimum atomic E-state index is -4.36. The SMILES string of the molecule is CCCCC(CC)CNC(C)C(=O)NCC(F)(F)F. The van der Waals surface area contributed by atoms with Crippen molar-refractivity contribution in [2.24, 2.45) is 5.92 Å². The van der Waals surface area contributed by atoms with Gasteiger partial charge >= 0.3 is 6.18 Å². The van der Waals surface area contributed by atoms with Crippen LogP contribution in [0, 0.1) is 5.92 Å². The van der Waals surface area contributed by atoms with Crippen LogP contribution in [0.5, 0.6) is 0 Å². The van der Waals surface area contributed by atoms with Gasteiger partial charge in [-0.05, 0) is 25.8 Å². The highest BCUT2D eigenvalue weighted by molar-refractivity contribution is 5.81. The molecule has 0 rings (SSSR count). The molecule has 1 amide bonds. The van der Waals surface area contributed by atoms with E-state index >= 15 is 0 Å². The van der Waals surface area contributed by atoms with Crippen molar-refractivity contribution in [3.8, 4) is 0 Å². The highest BCUT2D eigenvalue weighted by Crippen LogP contribution is 2.13. The van der Waals surface area contributed by atoms with Gasteiger partial charge in [-0.25, -0.2) is 0 Å². The average molecular weight is 282 g/mol. The monoisotopic (exact) mass is 282 g/mol. The van der Waals surface area contributed by atoms with Crippen LogP contribution in [-0.4, -0.2) is 31.2 Å². The third kappa shape index (κ3) is 9.76. The van der Waals surface area contributed by atoms with Crippen LogP contribution in [0.1, 0.15) is 46.5 Å². The van der Waals surface area contributed by atoms with E-state index in [1.54, 1.807) is 6.92 Å². The van der Waals surface area contributed by atoms with Crippen molar-refractivity contribution >= 4 is 5.91 Å². The number of nitrogens with one attached hydrogen (secondary N) is 2. The zero-order valence-corrected chi connectivity index (χ0v) is 11.9. The van der Waals surface area contributed by atoms with E-state index in [0.29, 0.717) is 12.5 Å². The van der Waals surface area contributed by atoms with Crippen LogP contribution < -0.4 is 10.6 Å². The van der Waals surface area contributed by atoms with Gasteiger partial charge in [0.2, 0.25) is 5.91 Å².